The van der Waals surface area contributed by atoms with Crippen LogP contribution in [0.25, 0.3) is 0 Å². The van der Waals surface area contributed by atoms with E-state index in [2.05, 4.69) is 11.8 Å². The lowest BCUT2D eigenvalue weighted by Gasteiger charge is -2.34. The van der Waals surface area contributed by atoms with Crippen molar-refractivity contribution in [2.45, 2.75) is 20.8 Å². The molecule has 0 N–H and O–H groups in total. The van der Waals surface area contributed by atoms with Gasteiger partial charge in [-0.1, -0.05) is 20.8 Å². The predicted molar refractivity (Wildman–Crippen MR) is 68.6 cm³/mol. The van der Waals surface area contributed by atoms with E-state index in [4.69, 9.17) is 0 Å². The Balaban J connectivity index is 0.00000106. The number of rotatable bonds is 3. The van der Waals surface area contributed by atoms with Gasteiger partial charge in [-0.25, -0.2) is 0 Å². The molecule has 4 heteroatoms. The summed E-state index contributed by atoms with van der Waals surface area (Å²) in [6, 6.07) is 0. The molecule has 0 unspecified atom stereocenters. The van der Waals surface area contributed by atoms with E-state index in [-0.39, 0.29) is 5.91 Å². The molecule has 0 bridgehead atoms. The van der Waals surface area contributed by atoms with Crippen molar-refractivity contribution in [3.63, 3.8) is 0 Å². The number of piperazine rings is 1. The van der Waals surface area contributed by atoms with E-state index >= 15 is 0 Å². The summed E-state index contributed by atoms with van der Waals surface area (Å²) < 4.78 is 0. The highest BCUT2D eigenvalue weighted by Crippen LogP contribution is 2.01. The Morgan fingerprint density at radius 1 is 1.12 bits per heavy atom. The van der Waals surface area contributed by atoms with Gasteiger partial charge in [0.05, 0.1) is 6.54 Å². The van der Waals surface area contributed by atoms with E-state index in [9.17, 15) is 4.79 Å². The van der Waals surface area contributed by atoms with Crippen LogP contribution < -0.4 is 0 Å². The Morgan fingerprint density at radius 2 is 1.62 bits per heavy atom. The quantitative estimate of drug-likeness (QED) is 0.714. The summed E-state index contributed by atoms with van der Waals surface area (Å²) in [6.45, 7) is 11.6. The lowest BCUT2D eigenvalue weighted by molar-refractivity contribution is -0.133. The van der Waals surface area contributed by atoms with E-state index in [0.717, 1.165) is 32.7 Å². The van der Waals surface area contributed by atoms with Gasteiger partial charge in [-0.3, -0.25) is 4.79 Å². The highest BCUT2D eigenvalue weighted by Gasteiger charge is 2.19. The Hall–Kier alpha value is -0.610. The Labute approximate surface area is 100 Å². The maximum absolute atomic E-state index is 11.7. The Kier molecular flexibility index (Phi) is 8.21. The van der Waals surface area contributed by atoms with E-state index < -0.39 is 0 Å². The number of hydrogen-bond acceptors (Lipinski definition) is 3. The number of carbonyl (C=O) groups is 1. The fourth-order valence-corrected chi connectivity index (χ4v) is 1.68. The number of likely N-dealkylation sites (N-methyl/N-ethyl adjacent to an activating group) is 2. The van der Waals surface area contributed by atoms with Gasteiger partial charge in [0.1, 0.15) is 0 Å². The van der Waals surface area contributed by atoms with Gasteiger partial charge in [0, 0.05) is 26.2 Å². The zero-order valence-corrected chi connectivity index (χ0v) is 11.5. The van der Waals surface area contributed by atoms with Crippen LogP contribution in [0, 0.1) is 0 Å². The van der Waals surface area contributed by atoms with Gasteiger partial charge in [0.15, 0.2) is 0 Å². The van der Waals surface area contributed by atoms with Crippen LogP contribution in [0.15, 0.2) is 0 Å². The molecule has 0 radical (unpaired) electrons. The minimum atomic E-state index is 0.255. The third-order valence-electron chi connectivity index (χ3n) is 2.62. The molecule has 1 heterocycles. The van der Waals surface area contributed by atoms with Crippen molar-refractivity contribution in [1.82, 2.24) is 14.7 Å². The van der Waals surface area contributed by atoms with E-state index in [1.54, 1.807) is 0 Å². The highest BCUT2D eigenvalue weighted by molar-refractivity contribution is 5.78. The van der Waals surface area contributed by atoms with E-state index in [1.807, 2.05) is 37.7 Å². The molecule has 1 aliphatic rings. The molecular formula is C12H27N3O. The molecule has 0 aromatic rings. The van der Waals surface area contributed by atoms with Crippen molar-refractivity contribution in [2.24, 2.45) is 0 Å². The summed E-state index contributed by atoms with van der Waals surface area (Å²) >= 11 is 0. The lowest BCUT2D eigenvalue weighted by atomic mass is 10.3. The van der Waals surface area contributed by atoms with Gasteiger partial charge in [0.25, 0.3) is 0 Å². The smallest absolute Gasteiger partial charge is 0.236 e. The van der Waals surface area contributed by atoms with Crippen molar-refractivity contribution in [1.29, 1.82) is 0 Å². The monoisotopic (exact) mass is 229 g/mol. The molecule has 96 valence electrons. The van der Waals surface area contributed by atoms with Crippen LogP contribution in [0.3, 0.4) is 0 Å². The van der Waals surface area contributed by atoms with Crippen molar-refractivity contribution in [3.8, 4) is 0 Å². The number of hydrogen-bond donors (Lipinski definition) is 0. The van der Waals surface area contributed by atoms with Crippen LogP contribution in [0.5, 0.6) is 0 Å². The standard InChI is InChI=1S/C10H21N3O.C2H6/c1-4-12-5-7-13(8-6-12)10(14)9-11(2)3;1-2/h4-9H2,1-3H3;1-2H3. The minimum Gasteiger partial charge on any atom is -0.339 e. The molecule has 0 saturated carbocycles. The molecule has 1 saturated heterocycles. The lowest BCUT2D eigenvalue weighted by Crippen LogP contribution is -2.50. The minimum absolute atomic E-state index is 0.255. The second-order valence-electron chi connectivity index (χ2n) is 4.05. The van der Waals surface area contributed by atoms with Crippen molar-refractivity contribution in [3.05, 3.63) is 0 Å². The van der Waals surface area contributed by atoms with Crippen molar-refractivity contribution >= 4 is 5.91 Å². The van der Waals surface area contributed by atoms with Crippen LogP contribution in [-0.2, 0) is 4.79 Å². The van der Waals surface area contributed by atoms with E-state index in [0.29, 0.717) is 6.54 Å². The molecule has 0 atom stereocenters. The second-order valence-corrected chi connectivity index (χ2v) is 4.05. The highest BCUT2D eigenvalue weighted by atomic mass is 16.2. The van der Waals surface area contributed by atoms with Gasteiger partial charge >= 0.3 is 0 Å². The SMILES string of the molecule is CC.CCN1CCN(C(=O)CN(C)C)CC1. The zero-order valence-electron chi connectivity index (χ0n) is 11.5. The third kappa shape index (κ3) is 5.47. The predicted octanol–water partition coefficient (Wildman–Crippen LogP) is 0.738. The molecule has 0 spiro atoms. The zero-order chi connectivity index (χ0) is 12.6. The first-order valence-electron chi connectivity index (χ1n) is 6.28. The molecule has 16 heavy (non-hydrogen) atoms. The largest absolute Gasteiger partial charge is 0.339 e. The first-order chi connectivity index (χ1) is 7.63. The number of amides is 1. The van der Waals surface area contributed by atoms with Gasteiger partial charge in [-0.05, 0) is 20.6 Å². The number of carbonyl (C=O) groups excluding carboxylic acids is 1. The van der Waals surface area contributed by atoms with Crippen LogP contribution in [0.1, 0.15) is 20.8 Å². The molecule has 0 aromatic carbocycles. The normalized spacial score (nSPS) is 17.0. The van der Waals surface area contributed by atoms with Gasteiger partial charge in [-0.2, -0.15) is 0 Å². The summed E-state index contributed by atoms with van der Waals surface area (Å²) in [5.41, 5.74) is 0. The first-order valence-corrected chi connectivity index (χ1v) is 6.28. The first kappa shape index (κ1) is 15.4. The molecule has 1 aliphatic heterocycles. The summed E-state index contributed by atoms with van der Waals surface area (Å²) in [5.74, 6) is 0.255. The van der Waals surface area contributed by atoms with Crippen molar-refractivity contribution < 1.29 is 4.79 Å². The third-order valence-corrected chi connectivity index (χ3v) is 2.62. The summed E-state index contributed by atoms with van der Waals surface area (Å²) in [5, 5.41) is 0. The Bertz CT molecular complexity index is 187. The van der Waals surface area contributed by atoms with Gasteiger partial charge < -0.3 is 14.7 Å². The van der Waals surface area contributed by atoms with Crippen LogP contribution in [-0.4, -0.2) is 74.0 Å². The average molecular weight is 229 g/mol. The molecule has 1 amide bonds. The second kappa shape index (κ2) is 8.53. The van der Waals surface area contributed by atoms with Crippen LogP contribution >= 0.6 is 0 Å². The topological polar surface area (TPSA) is 26.8 Å². The summed E-state index contributed by atoms with van der Waals surface area (Å²) in [4.78, 5) is 17.9. The maximum atomic E-state index is 11.7. The molecule has 4 nitrogen and oxygen atoms in total. The molecular weight excluding hydrogens is 202 g/mol. The number of nitrogens with zero attached hydrogens (tertiary/aromatic N) is 3. The Morgan fingerprint density at radius 3 is 2.00 bits per heavy atom. The van der Waals surface area contributed by atoms with Gasteiger partial charge in [-0.15, -0.1) is 0 Å². The fourth-order valence-electron chi connectivity index (χ4n) is 1.68. The summed E-state index contributed by atoms with van der Waals surface area (Å²) in [7, 11) is 3.86. The molecule has 0 aromatic heterocycles. The maximum Gasteiger partial charge on any atom is 0.236 e. The average Bonchev–Trinajstić information content (AvgIpc) is 2.31. The summed E-state index contributed by atoms with van der Waals surface area (Å²) in [6.07, 6.45) is 0. The van der Waals surface area contributed by atoms with Gasteiger partial charge in [0.2, 0.25) is 5.91 Å². The van der Waals surface area contributed by atoms with Crippen LogP contribution in [0.4, 0.5) is 0 Å². The molecule has 1 fully saturated rings. The van der Waals surface area contributed by atoms with Crippen LogP contribution in [0.2, 0.25) is 0 Å². The van der Waals surface area contributed by atoms with E-state index in [1.165, 1.54) is 0 Å². The van der Waals surface area contributed by atoms with Crippen molar-refractivity contribution in [2.75, 3.05) is 53.4 Å². The fraction of sp³-hybridized carbons (Fsp3) is 0.917. The molecule has 1 rings (SSSR count). The molecule has 0 aliphatic carbocycles.